The Morgan fingerprint density at radius 1 is 1.31 bits per heavy atom. The molecule has 0 aliphatic heterocycles. The van der Waals surface area contributed by atoms with Gasteiger partial charge in [-0.2, -0.15) is 0 Å². The van der Waals surface area contributed by atoms with Crippen molar-refractivity contribution in [3.05, 3.63) is 12.2 Å². The minimum atomic E-state index is -3.03. The summed E-state index contributed by atoms with van der Waals surface area (Å²) >= 11 is 0. The molecule has 0 radical (unpaired) electrons. The Labute approximate surface area is 98.6 Å². The van der Waals surface area contributed by atoms with Gasteiger partial charge in [0.2, 0.25) is 10.0 Å². The van der Waals surface area contributed by atoms with E-state index in [0.29, 0.717) is 19.0 Å². The highest BCUT2D eigenvalue weighted by Crippen LogP contribution is 2.16. The van der Waals surface area contributed by atoms with Crippen LogP contribution in [0.25, 0.3) is 0 Å². The predicted molar refractivity (Wildman–Crippen MR) is 66.8 cm³/mol. The summed E-state index contributed by atoms with van der Waals surface area (Å²) in [6.07, 6.45) is 8.02. The van der Waals surface area contributed by atoms with E-state index in [1.807, 2.05) is 0 Å². The molecule has 0 fully saturated rings. The predicted octanol–water partition coefficient (Wildman–Crippen LogP) is 0.872. The van der Waals surface area contributed by atoms with Gasteiger partial charge in [-0.15, -0.1) is 0 Å². The van der Waals surface area contributed by atoms with Gasteiger partial charge in [-0.25, -0.2) is 13.1 Å². The summed E-state index contributed by atoms with van der Waals surface area (Å²) in [5.74, 6) is 0.869. The van der Waals surface area contributed by atoms with Crippen molar-refractivity contribution in [2.75, 3.05) is 25.4 Å². The van der Waals surface area contributed by atoms with Crippen LogP contribution in [0.15, 0.2) is 12.2 Å². The highest BCUT2D eigenvalue weighted by atomic mass is 32.2. The summed E-state index contributed by atoms with van der Waals surface area (Å²) < 4.78 is 24.8. The molecule has 5 heteroatoms. The van der Waals surface area contributed by atoms with E-state index in [0.717, 1.165) is 13.0 Å². The summed E-state index contributed by atoms with van der Waals surface area (Å²) in [7, 11) is -3.03. The van der Waals surface area contributed by atoms with Gasteiger partial charge in [-0.05, 0) is 38.6 Å². The van der Waals surface area contributed by atoms with Crippen molar-refractivity contribution in [3.63, 3.8) is 0 Å². The highest BCUT2D eigenvalue weighted by molar-refractivity contribution is 7.89. The molecule has 0 aromatic heterocycles. The Balaban J connectivity index is 2.02. The molecule has 1 atom stereocenters. The topological polar surface area (TPSA) is 58.2 Å². The fourth-order valence-electron chi connectivity index (χ4n) is 1.74. The molecule has 2 N–H and O–H groups in total. The van der Waals surface area contributed by atoms with Crippen molar-refractivity contribution in [3.8, 4) is 0 Å². The molecule has 0 heterocycles. The van der Waals surface area contributed by atoms with Gasteiger partial charge in [0.25, 0.3) is 0 Å². The van der Waals surface area contributed by atoms with Crippen LogP contribution < -0.4 is 10.0 Å². The summed E-state index contributed by atoms with van der Waals surface area (Å²) in [6, 6.07) is 0. The number of sulfonamides is 1. The van der Waals surface area contributed by atoms with Gasteiger partial charge in [0, 0.05) is 13.1 Å². The lowest BCUT2D eigenvalue weighted by molar-refractivity contribution is 0.442. The monoisotopic (exact) mass is 246 g/mol. The van der Waals surface area contributed by atoms with Gasteiger partial charge in [0.15, 0.2) is 0 Å². The first-order valence-corrected chi connectivity index (χ1v) is 7.62. The number of hydrogen-bond acceptors (Lipinski definition) is 3. The Morgan fingerprint density at radius 2 is 2.12 bits per heavy atom. The maximum absolute atomic E-state index is 11.1. The third-order valence-electron chi connectivity index (χ3n) is 2.81. The molecule has 1 aliphatic carbocycles. The van der Waals surface area contributed by atoms with Gasteiger partial charge < -0.3 is 5.32 Å². The summed E-state index contributed by atoms with van der Waals surface area (Å²) in [4.78, 5) is 0. The number of hydrogen-bond donors (Lipinski definition) is 2. The number of rotatable bonds is 7. The van der Waals surface area contributed by atoms with E-state index in [4.69, 9.17) is 0 Å². The quantitative estimate of drug-likeness (QED) is 0.518. The Morgan fingerprint density at radius 3 is 2.75 bits per heavy atom. The van der Waals surface area contributed by atoms with E-state index in [1.54, 1.807) is 6.92 Å². The zero-order chi connectivity index (χ0) is 11.9. The van der Waals surface area contributed by atoms with Crippen LogP contribution in [0.1, 0.15) is 26.2 Å². The number of allylic oxidation sites excluding steroid dienone is 2. The smallest absolute Gasteiger partial charge is 0.211 e. The molecule has 1 rings (SSSR count). The van der Waals surface area contributed by atoms with Crippen molar-refractivity contribution >= 4 is 10.0 Å². The van der Waals surface area contributed by atoms with Crippen molar-refractivity contribution < 1.29 is 8.42 Å². The third-order valence-corrected chi connectivity index (χ3v) is 4.22. The maximum Gasteiger partial charge on any atom is 0.211 e. The van der Waals surface area contributed by atoms with Gasteiger partial charge in [-0.3, -0.25) is 0 Å². The van der Waals surface area contributed by atoms with Crippen LogP contribution in [0.2, 0.25) is 0 Å². The Kier molecular flexibility index (Phi) is 6.01. The van der Waals surface area contributed by atoms with Crippen LogP contribution in [0.4, 0.5) is 0 Å². The fourth-order valence-corrected chi connectivity index (χ4v) is 2.36. The van der Waals surface area contributed by atoms with E-state index in [-0.39, 0.29) is 5.75 Å². The van der Waals surface area contributed by atoms with E-state index in [9.17, 15) is 8.42 Å². The summed E-state index contributed by atoms with van der Waals surface area (Å²) in [5.41, 5.74) is 0. The third kappa shape index (κ3) is 5.63. The zero-order valence-corrected chi connectivity index (χ0v) is 10.7. The molecule has 0 saturated heterocycles. The van der Waals surface area contributed by atoms with Crippen molar-refractivity contribution in [1.82, 2.24) is 10.0 Å². The molecular weight excluding hydrogens is 224 g/mol. The molecule has 0 aromatic rings. The first-order valence-electron chi connectivity index (χ1n) is 5.97. The Bertz CT molecular complexity index is 312. The molecule has 94 valence electrons. The molecule has 0 aromatic carbocycles. The molecule has 1 aliphatic rings. The molecule has 4 nitrogen and oxygen atoms in total. The van der Waals surface area contributed by atoms with E-state index in [2.05, 4.69) is 22.2 Å². The maximum atomic E-state index is 11.1. The molecular formula is C11H22N2O2S. The van der Waals surface area contributed by atoms with Gasteiger partial charge in [0.1, 0.15) is 0 Å². The van der Waals surface area contributed by atoms with Crippen LogP contribution in [0.5, 0.6) is 0 Å². The average molecular weight is 246 g/mol. The summed E-state index contributed by atoms with van der Waals surface area (Å²) in [5, 5.41) is 3.29. The largest absolute Gasteiger partial charge is 0.315 e. The second-order valence-corrected chi connectivity index (χ2v) is 6.25. The summed E-state index contributed by atoms with van der Waals surface area (Å²) in [6.45, 7) is 3.82. The van der Waals surface area contributed by atoms with E-state index >= 15 is 0 Å². The van der Waals surface area contributed by atoms with Crippen LogP contribution in [-0.2, 0) is 10.0 Å². The fraction of sp³-hybridized carbons (Fsp3) is 0.818. The van der Waals surface area contributed by atoms with Crippen LogP contribution in [0, 0.1) is 5.92 Å². The second kappa shape index (κ2) is 7.04. The van der Waals surface area contributed by atoms with Gasteiger partial charge >= 0.3 is 0 Å². The average Bonchev–Trinajstić information content (AvgIpc) is 2.30. The van der Waals surface area contributed by atoms with Crippen LogP contribution in [0.3, 0.4) is 0 Å². The standard InChI is InChI=1S/C11H22N2O2S/c1-2-16(14,15)13-9-8-12-10-11-6-4-3-5-7-11/h3-4,11-13H,2,5-10H2,1H3. The lowest BCUT2D eigenvalue weighted by Gasteiger charge is -2.18. The van der Waals surface area contributed by atoms with Crippen molar-refractivity contribution in [1.29, 1.82) is 0 Å². The van der Waals surface area contributed by atoms with Crippen molar-refractivity contribution in [2.45, 2.75) is 26.2 Å². The van der Waals surface area contributed by atoms with E-state index < -0.39 is 10.0 Å². The first-order chi connectivity index (χ1) is 7.64. The minimum absolute atomic E-state index is 0.153. The zero-order valence-electron chi connectivity index (χ0n) is 9.91. The molecule has 1 unspecified atom stereocenters. The first kappa shape index (κ1) is 13.7. The molecule has 0 amide bonds. The molecule has 0 saturated carbocycles. The van der Waals surface area contributed by atoms with Crippen LogP contribution in [-0.4, -0.2) is 33.8 Å². The van der Waals surface area contributed by atoms with Gasteiger partial charge in [-0.1, -0.05) is 12.2 Å². The van der Waals surface area contributed by atoms with Crippen molar-refractivity contribution in [2.24, 2.45) is 5.92 Å². The normalized spacial score (nSPS) is 21.2. The van der Waals surface area contributed by atoms with Gasteiger partial charge in [0.05, 0.1) is 5.75 Å². The lowest BCUT2D eigenvalue weighted by atomic mass is 9.94. The number of nitrogens with one attached hydrogen (secondary N) is 2. The molecule has 16 heavy (non-hydrogen) atoms. The molecule has 0 bridgehead atoms. The van der Waals surface area contributed by atoms with E-state index in [1.165, 1.54) is 12.8 Å². The SMILES string of the molecule is CCS(=O)(=O)NCCNCC1CC=CCC1. The highest BCUT2D eigenvalue weighted by Gasteiger charge is 2.09. The molecule has 0 spiro atoms. The lowest BCUT2D eigenvalue weighted by Crippen LogP contribution is -2.34. The second-order valence-electron chi connectivity index (χ2n) is 4.15. The minimum Gasteiger partial charge on any atom is -0.315 e. The Hall–Kier alpha value is -0.390. The van der Waals surface area contributed by atoms with Crippen LogP contribution >= 0.6 is 0 Å².